The van der Waals surface area contributed by atoms with Gasteiger partial charge in [0, 0.05) is 11.1 Å². The molecular formula is C16H16FNO3. The minimum Gasteiger partial charge on any atom is -0.490 e. The van der Waals surface area contributed by atoms with E-state index in [1.807, 2.05) is 6.92 Å². The third-order valence-electron chi connectivity index (χ3n) is 2.87. The topological polar surface area (TPSA) is 61.5 Å². The van der Waals surface area contributed by atoms with Crippen LogP contribution in [0.15, 0.2) is 36.4 Å². The van der Waals surface area contributed by atoms with E-state index in [-0.39, 0.29) is 18.1 Å². The van der Waals surface area contributed by atoms with E-state index in [0.717, 1.165) is 0 Å². The second kappa shape index (κ2) is 6.74. The molecule has 0 saturated carbocycles. The number of aldehydes is 1. The summed E-state index contributed by atoms with van der Waals surface area (Å²) in [6.45, 7) is 2.24. The van der Waals surface area contributed by atoms with Crippen molar-refractivity contribution in [1.82, 2.24) is 0 Å². The number of halogens is 1. The van der Waals surface area contributed by atoms with Gasteiger partial charge in [0.25, 0.3) is 0 Å². The van der Waals surface area contributed by atoms with E-state index < -0.39 is 0 Å². The lowest BCUT2D eigenvalue weighted by Gasteiger charge is -2.15. The molecule has 2 N–H and O–H groups in total. The Morgan fingerprint density at radius 3 is 2.67 bits per heavy atom. The van der Waals surface area contributed by atoms with E-state index in [1.165, 1.54) is 12.1 Å². The van der Waals surface area contributed by atoms with E-state index in [0.29, 0.717) is 35.5 Å². The lowest BCUT2D eigenvalue weighted by atomic mass is 10.2. The van der Waals surface area contributed by atoms with E-state index >= 15 is 0 Å². The Kier molecular flexibility index (Phi) is 4.77. The smallest absolute Gasteiger partial charge is 0.184 e. The van der Waals surface area contributed by atoms with Gasteiger partial charge in [0.2, 0.25) is 0 Å². The van der Waals surface area contributed by atoms with Crippen LogP contribution in [-0.2, 0) is 6.61 Å². The normalized spacial score (nSPS) is 10.2. The lowest BCUT2D eigenvalue weighted by molar-refractivity contribution is 0.112. The van der Waals surface area contributed by atoms with Gasteiger partial charge in [-0.15, -0.1) is 0 Å². The van der Waals surface area contributed by atoms with Crippen molar-refractivity contribution in [3.05, 3.63) is 53.3 Å². The molecule has 5 heteroatoms. The van der Waals surface area contributed by atoms with Crippen LogP contribution >= 0.6 is 0 Å². The van der Waals surface area contributed by atoms with E-state index in [2.05, 4.69) is 0 Å². The third-order valence-corrected chi connectivity index (χ3v) is 2.87. The van der Waals surface area contributed by atoms with Crippen LogP contribution < -0.4 is 15.2 Å². The Hall–Kier alpha value is -2.56. The molecule has 0 bridgehead atoms. The first-order chi connectivity index (χ1) is 10.2. The van der Waals surface area contributed by atoms with E-state index in [9.17, 15) is 9.18 Å². The van der Waals surface area contributed by atoms with Crippen LogP contribution in [0.2, 0.25) is 0 Å². The Morgan fingerprint density at radius 2 is 2.00 bits per heavy atom. The molecule has 0 spiro atoms. The van der Waals surface area contributed by atoms with Crippen LogP contribution in [0.25, 0.3) is 0 Å². The maximum atomic E-state index is 13.6. The molecule has 0 unspecified atom stereocenters. The molecule has 2 aromatic rings. The predicted octanol–water partition coefficient (Wildman–Crippen LogP) is 3.20. The molecule has 0 aliphatic heterocycles. The van der Waals surface area contributed by atoms with Gasteiger partial charge >= 0.3 is 0 Å². The molecular weight excluding hydrogens is 273 g/mol. The quantitative estimate of drug-likeness (QED) is 0.655. The number of rotatable bonds is 6. The minimum absolute atomic E-state index is 0.0252. The number of anilines is 1. The summed E-state index contributed by atoms with van der Waals surface area (Å²) >= 11 is 0. The van der Waals surface area contributed by atoms with Crippen LogP contribution in [-0.4, -0.2) is 12.9 Å². The van der Waals surface area contributed by atoms with Gasteiger partial charge in [-0.25, -0.2) is 4.39 Å². The molecule has 4 nitrogen and oxygen atoms in total. The fourth-order valence-electron chi connectivity index (χ4n) is 1.90. The van der Waals surface area contributed by atoms with Crippen LogP contribution in [0.5, 0.6) is 11.5 Å². The second-order valence-corrected chi connectivity index (χ2v) is 4.37. The maximum absolute atomic E-state index is 13.6. The molecule has 110 valence electrons. The summed E-state index contributed by atoms with van der Waals surface area (Å²) in [5.74, 6) is 0.334. The van der Waals surface area contributed by atoms with Crippen molar-refractivity contribution in [3.63, 3.8) is 0 Å². The van der Waals surface area contributed by atoms with Crippen molar-refractivity contribution in [1.29, 1.82) is 0 Å². The van der Waals surface area contributed by atoms with Gasteiger partial charge in [0.1, 0.15) is 18.7 Å². The van der Waals surface area contributed by atoms with Crippen LogP contribution in [0.1, 0.15) is 22.8 Å². The number of nitrogens with two attached hydrogens (primary N) is 1. The van der Waals surface area contributed by atoms with Crippen molar-refractivity contribution in [3.8, 4) is 11.5 Å². The molecule has 0 saturated heterocycles. The molecule has 2 rings (SSSR count). The van der Waals surface area contributed by atoms with Crippen LogP contribution in [0.4, 0.5) is 10.1 Å². The molecule has 21 heavy (non-hydrogen) atoms. The summed E-state index contributed by atoms with van der Waals surface area (Å²) in [7, 11) is 0. The van der Waals surface area contributed by atoms with Gasteiger partial charge in [-0.3, -0.25) is 4.79 Å². The predicted molar refractivity (Wildman–Crippen MR) is 78.1 cm³/mol. The van der Waals surface area contributed by atoms with E-state index in [4.69, 9.17) is 15.2 Å². The fraction of sp³-hybridized carbons (Fsp3) is 0.188. The molecule has 2 aromatic carbocycles. The van der Waals surface area contributed by atoms with Crippen molar-refractivity contribution >= 4 is 12.0 Å². The zero-order valence-corrected chi connectivity index (χ0v) is 11.6. The van der Waals surface area contributed by atoms with Gasteiger partial charge in [-0.05, 0) is 25.1 Å². The number of hydrogen-bond donors (Lipinski definition) is 1. The summed E-state index contributed by atoms with van der Waals surface area (Å²) in [6.07, 6.45) is 0.680. The first-order valence-electron chi connectivity index (χ1n) is 6.53. The highest BCUT2D eigenvalue weighted by Crippen LogP contribution is 2.35. The van der Waals surface area contributed by atoms with Crippen molar-refractivity contribution in [2.45, 2.75) is 13.5 Å². The summed E-state index contributed by atoms with van der Waals surface area (Å²) in [4.78, 5) is 10.8. The van der Waals surface area contributed by atoms with E-state index in [1.54, 1.807) is 24.3 Å². The fourth-order valence-corrected chi connectivity index (χ4v) is 1.90. The zero-order valence-electron chi connectivity index (χ0n) is 11.6. The van der Waals surface area contributed by atoms with Gasteiger partial charge in [-0.1, -0.05) is 18.2 Å². The van der Waals surface area contributed by atoms with Gasteiger partial charge in [0.15, 0.2) is 11.5 Å². The third kappa shape index (κ3) is 3.51. The highest BCUT2D eigenvalue weighted by molar-refractivity contribution is 5.80. The average molecular weight is 289 g/mol. The monoisotopic (exact) mass is 289 g/mol. The molecule has 0 aliphatic rings. The second-order valence-electron chi connectivity index (χ2n) is 4.37. The number of benzene rings is 2. The van der Waals surface area contributed by atoms with Gasteiger partial charge in [0.05, 0.1) is 12.3 Å². The molecule has 0 aliphatic carbocycles. The minimum atomic E-state index is -0.349. The number of hydrogen-bond acceptors (Lipinski definition) is 4. The molecule has 0 atom stereocenters. The van der Waals surface area contributed by atoms with Crippen LogP contribution in [0, 0.1) is 5.82 Å². The average Bonchev–Trinajstić information content (AvgIpc) is 2.48. The molecule has 0 fully saturated rings. The summed E-state index contributed by atoms with van der Waals surface area (Å²) in [5, 5.41) is 0. The highest BCUT2D eigenvalue weighted by Gasteiger charge is 2.13. The number of carbonyl (C=O) groups is 1. The number of carbonyl (C=O) groups excluding carboxylic acids is 1. The summed E-state index contributed by atoms with van der Waals surface area (Å²) in [6, 6.07) is 9.37. The standard InChI is InChI=1S/C16H16FNO3/c1-2-20-15-8-11(9-19)7-14(18)16(15)21-10-12-5-3-4-6-13(12)17/h3-9H,2,10,18H2,1H3. The summed E-state index contributed by atoms with van der Waals surface area (Å²) in [5.41, 5.74) is 6.96. The van der Waals surface area contributed by atoms with Gasteiger partial charge in [-0.2, -0.15) is 0 Å². The number of nitrogen functional groups attached to an aromatic ring is 1. The Morgan fingerprint density at radius 1 is 1.24 bits per heavy atom. The molecule has 0 amide bonds. The Balaban J connectivity index is 2.26. The Bertz CT molecular complexity index is 643. The van der Waals surface area contributed by atoms with Crippen molar-refractivity contribution in [2.24, 2.45) is 0 Å². The van der Waals surface area contributed by atoms with Gasteiger partial charge < -0.3 is 15.2 Å². The van der Waals surface area contributed by atoms with Crippen molar-refractivity contribution < 1.29 is 18.7 Å². The molecule has 0 aromatic heterocycles. The summed E-state index contributed by atoms with van der Waals surface area (Å²) < 4.78 is 24.6. The zero-order chi connectivity index (χ0) is 15.2. The Labute approximate surface area is 122 Å². The maximum Gasteiger partial charge on any atom is 0.184 e. The first-order valence-corrected chi connectivity index (χ1v) is 6.53. The largest absolute Gasteiger partial charge is 0.490 e. The lowest BCUT2D eigenvalue weighted by Crippen LogP contribution is -2.04. The number of ether oxygens (including phenoxy) is 2. The highest BCUT2D eigenvalue weighted by atomic mass is 19.1. The van der Waals surface area contributed by atoms with Crippen LogP contribution in [0.3, 0.4) is 0 Å². The molecule has 0 radical (unpaired) electrons. The SMILES string of the molecule is CCOc1cc(C=O)cc(N)c1OCc1ccccc1F. The molecule has 0 heterocycles. The first kappa shape index (κ1) is 14.8. The van der Waals surface area contributed by atoms with Crippen molar-refractivity contribution in [2.75, 3.05) is 12.3 Å².